The van der Waals surface area contributed by atoms with Crippen molar-refractivity contribution in [3.05, 3.63) is 235 Å². The second-order valence-corrected chi connectivity index (χ2v) is 23.4. The van der Waals surface area contributed by atoms with Crippen LogP contribution >= 0.6 is 0 Å². The maximum absolute atomic E-state index is 13.5. The summed E-state index contributed by atoms with van der Waals surface area (Å²) in [5, 5.41) is 0. The Morgan fingerprint density at radius 1 is 0.261 bits per heavy atom. The molecule has 4 heterocycles. The van der Waals surface area contributed by atoms with E-state index in [4.69, 9.17) is 41.9 Å². The molecule has 20 heteroatoms. The maximum Gasteiger partial charge on any atom is 0.261 e. The van der Waals surface area contributed by atoms with Gasteiger partial charge in [-0.15, -0.1) is 0 Å². The molecule has 464 valence electrons. The molecule has 4 aliphatic heterocycles. The number of carbonyl (C=O) groups excluding carboxylic acids is 8. The fourth-order valence-electron chi connectivity index (χ4n) is 13.1. The van der Waals surface area contributed by atoms with Crippen molar-refractivity contribution in [2.75, 3.05) is 75.5 Å². The number of hydrogen-bond donors (Lipinski definition) is 4. The van der Waals surface area contributed by atoms with Gasteiger partial charge in [-0.25, -0.2) is 0 Å². The Morgan fingerprint density at radius 2 is 0.413 bits per heavy atom. The summed E-state index contributed by atoms with van der Waals surface area (Å²) in [6.07, 6.45) is 1.56. The van der Waals surface area contributed by atoms with Crippen LogP contribution in [0.3, 0.4) is 0 Å². The van der Waals surface area contributed by atoms with E-state index in [1.165, 1.54) is 19.6 Å². The van der Waals surface area contributed by atoms with Gasteiger partial charge in [0.25, 0.3) is 47.3 Å². The highest BCUT2D eigenvalue weighted by Crippen LogP contribution is 2.43. The van der Waals surface area contributed by atoms with Crippen LogP contribution in [0.2, 0.25) is 0 Å². The number of nitrogens with two attached hydrogens (primary N) is 4. The zero-order chi connectivity index (χ0) is 63.9. The van der Waals surface area contributed by atoms with E-state index in [0.717, 1.165) is 0 Å². The Hall–Kier alpha value is -11.3. The monoisotopic (exact) mass is 1230 g/mol. The topological polar surface area (TPSA) is 291 Å². The minimum Gasteiger partial charge on any atom is -0.493 e. The number of nitrogen functional groups attached to an aromatic ring is 4. The van der Waals surface area contributed by atoms with Gasteiger partial charge in [0.05, 0.1) is 70.9 Å². The zero-order valence-electron chi connectivity index (χ0n) is 50.2. The lowest BCUT2D eigenvalue weighted by Crippen LogP contribution is -2.31. The summed E-state index contributed by atoms with van der Waals surface area (Å²) in [5.74, 6) is -1.30. The number of amides is 8. The van der Waals surface area contributed by atoms with E-state index in [2.05, 4.69) is 0 Å². The van der Waals surface area contributed by atoms with Gasteiger partial charge < -0.3 is 41.9 Å². The van der Waals surface area contributed by atoms with Gasteiger partial charge in [0, 0.05) is 119 Å². The third-order valence-corrected chi connectivity index (χ3v) is 17.2. The first kappa shape index (κ1) is 59.7. The SMILES string of the molecule is Nc1cc2c(OCCCN3C(=O)c4ccccc4C3=O)c(c1)Cc1cc(N)cc(c1OCCCN1C(=O)c3ccccc3C1=O)Cc1cc(N)cc(c1OCCCN1C(=O)c3ccccc3C1=O)Cc1cc(N)cc(c1OCCCN1C(=O)c3ccccc3C1=O)C2. The Morgan fingerprint density at radius 3 is 0.565 bits per heavy atom. The van der Waals surface area contributed by atoms with Gasteiger partial charge in [0.2, 0.25) is 0 Å². The summed E-state index contributed by atoms with van der Waals surface area (Å²) in [6, 6.07) is 41.3. The van der Waals surface area contributed by atoms with Crippen molar-refractivity contribution < 1.29 is 57.3 Å². The van der Waals surface area contributed by atoms with Gasteiger partial charge in [0.15, 0.2) is 0 Å². The Balaban J connectivity index is 0.877. The van der Waals surface area contributed by atoms with Crippen molar-refractivity contribution in [1.29, 1.82) is 0 Å². The standard InChI is InChI=1S/C72H64N8O12/c73-49-33-41-29-43-35-50(74)37-45(62(43)90-26-10-22-78-67(83)55-15-3-4-16-56(55)68(78)84)31-47-39-52(76)40-48(64(47)92-28-12-24-80-71(87)59-19-7-8-20-60(59)72(80)88)32-46-38-51(75)36-44(63(46)91-27-11-23-79-69(85)57-17-5-6-18-58(57)70(79)86)30-42(34-49)61(41)89-25-9-21-77-65(81)53-13-1-2-14-54(53)66(77)82/h1-8,13-20,33-40H,9-12,21-32,73-76H2. The van der Waals surface area contributed by atoms with E-state index >= 15 is 0 Å². The van der Waals surface area contributed by atoms with E-state index in [-0.39, 0.29) is 151 Å². The van der Waals surface area contributed by atoms with Crippen molar-refractivity contribution in [3.8, 4) is 23.0 Å². The molecule has 1 aliphatic carbocycles. The van der Waals surface area contributed by atoms with Gasteiger partial charge in [-0.05, 0) is 123 Å². The minimum atomic E-state index is -0.387. The number of ether oxygens (including phenoxy) is 4. The number of hydrogen-bond acceptors (Lipinski definition) is 16. The predicted molar refractivity (Wildman–Crippen MR) is 342 cm³/mol. The van der Waals surface area contributed by atoms with Crippen molar-refractivity contribution >= 4 is 70.0 Å². The zero-order valence-corrected chi connectivity index (χ0v) is 50.2. The van der Waals surface area contributed by atoms with Crippen molar-refractivity contribution in [3.63, 3.8) is 0 Å². The van der Waals surface area contributed by atoms with Gasteiger partial charge in [-0.3, -0.25) is 58.0 Å². The van der Waals surface area contributed by atoms with Crippen LogP contribution in [0.25, 0.3) is 0 Å². The second-order valence-electron chi connectivity index (χ2n) is 23.4. The summed E-state index contributed by atoms with van der Waals surface area (Å²) < 4.78 is 27.5. The molecule has 92 heavy (non-hydrogen) atoms. The molecule has 0 unspecified atom stereocenters. The first-order valence-corrected chi connectivity index (χ1v) is 30.6. The molecule has 5 aliphatic rings. The van der Waals surface area contributed by atoms with Crippen LogP contribution < -0.4 is 41.9 Å². The third kappa shape index (κ3) is 11.3. The third-order valence-electron chi connectivity index (χ3n) is 17.2. The summed E-state index contributed by atoms with van der Waals surface area (Å²) in [5.41, 5.74) is 36.9. The Bertz CT molecular complexity index is 3640. The van der Waals surface area contributed by atoms with Gasteiger partial charge >= 0.3 is 0 Å². The molecule has 20 nitrogen and oxygen atoms in total. The molecule has 13 rings (SSSR count). The quantitative estimate of drug-likeness (QED) is 0.0314. The van der Waals surface area contributed by atoms with Crippen molar-refractivity contribution in [2.24, 2.45) is 0 Å². The van der Waals surface area contributed by atoms with Crippen LogP contribution in [-0.2, 0) is 25.7 Å². The maximum atomic E-state index is 13.5. The van der Waals surface area contributed by atoms with E-state index in [1.807, 2.05) is 0 Å². The molecule has 8 N–H and O–H groups in total. The summed E-state index contributed by atoms with van der Waals surface area (Å²) >= 11 is 0. The van der Waals surface area contributed by atoms with Crippen LogP contribution in [0, 0.1) is 0 Å². The predicted octanol–water partition coefficient (Wildman–Crippen LogP) is 8.95. The molecular weight excluding hydrogens is 1170 g/mol. The number of imide groups is 4. The molecule has 8 amide bonds. The largest absolute Gasteiger partial charge is 0.493 e. The molecule has 8 bridgehead atoms. The normalized spacial score (nSPS) is 14.7. The molecule has 0 saturated heterocycles. The van der Waals surface area contributed by atoms with Crippen LogP contribution in [0.1, 0.15) is 153 Å². The number of benzene rings is 8. The van der Waals surface area contributed by atoms with E-state index < -0.39 is 0 Å². The number of rotatable bonds is 20. The Labute approximate surface area is 529 Å². The molecular formula is C72H64N8O12. The van der Waals surface area contributed by atoms with Gasteiger partial charge in [0.1, 0.15) is 23.0 Å². The minimum absolute atomic E-state index is 0.0567. The van der Waals surface area contributed by atoms with Crippen LogP contribution in [0.15, 0.2) is 146 Å². The summed E-state index contributed by atoms with van der Waals surface area (Å²) in [4.78, 5) is 113. The lowest BCUT2D eigenvalue weighted by atomic mass is 9.90. The number of carbonyl (C=O) groups is 8. The molecule has 0 aromatic heterocycles. The average molecular weight is 1230 g/mol. The van der Waals surface area contributed by atoms with Crippen molar-refractivity contribution in [2.45, 2.75) is 51.4 Å². The molecule has 8 aromatic carbocycles. The van der Waals surface area contributed by atoms with Gasteiger partial charge in [-0.1, -0.05) is 48.5 Å². The summed E-state index contributed by atoms with van der Waals surface area (Å²) in [7, 11) is 0. The van der Waals surface area contributed by atoms with Crippen LogP contribution in [0.5, 0.6) is 23.0 Å². The van der Waals surface area contributed by atoms with E-state index in [9.17, 15) is 38.4 Å². The first-order chi connectivity index (χ1) is 44.6. The number of nitrogens with zero attached hydrogens (tertiary/aromatic N) is 4. The highest BCUT2D eigenvalue weighted by atomic mass is 16.5. The lowest BCUT2D eigenvalue weighted by Gasteiger charge is -2.24. The fourth-order valence-corrected chi connectivity index (χ4v) is 13.1. The van der Waals surface area contributed by atoms with Crippen molar-refractivity contribution in [1.82, 2.24) is 19.6 Å². The van der Waals surface area contributed by atoms with E-state index in [0.29, 0.717) is 135 Å². The molecule has 0 fully saturated rings. The van der Waals surface area contributed by atoms with Crippen LogP contribution in [0.4, 0.5) is 22.7 Å². The Kier molecular flexibility index (Phi) is 16.2. The molecule has 0 spiro atoms. The smallest absolute Gasteiger partial charge is 0.261 e. The van der Waals surface area contributed by atoms with E-state index in [1.54, 1.807) is 146 Å². The molecule has 0 radical (unpaired) electrons. The van der Waals surface area contributed by atoms with Crippen LogP contribution in [-0.4, -0.2) is 119 Å². The highest BCUT2D eigenvalue weighted by Gasteiger charge is 2.38. The molecule has 8 aromatic rings. The summed E-state index contributed by atoms with van der Waals surface area (Å²) in [6.45, 7) is 0.518. The highest BCUT2D eigenvalue weighted by molar-refractivity contribution is 6.23. The fraction of sp³-hybridized carbons (Fsp3) is 0.222. The number of anilines is 4. The molecule has 0 saturated carbocycles. The average Bonchev–Trinajstić information content (AvgIpc) is 1.26. The lowest BCUT2D eigenvalue weighted by molar-refractivity contribution is 0.0630. The first-order valence-electron chi connectivity index (χ1n) is 30.6. The molecule has 0 atom stereocenters. The van der Waals surface area contributed by atoms with Gasteiger partial charge in [-0.2, -0.15) is 0 Å². The second kappa shape index (κ2) is 24.9. The number of fused-ring (bicyclic) bond motifs is 12.